The van der Waals surface area contributed by atoms with E-state index in [1.165, 1.54) is 11.8 Å². The molecule has 5 rings (SSSR count). The van der Waals surface area contributed by atoms with Crippen molar-refractivity contribution in [3.05, 3.63) is 105 Å². The molecule has 0 radical (unpaired) electrons. The Labute approximate surface area is 269 Å². The Bertz CT molecular complexity index is 1670. The lowest BCUT2D eigenvalue weighted by Crippen LogP contribution is -2.29. The molecule has 0 aliphatic carbocycles. The van der Waals surface area contributed by atoms with Crippen molar-refractivity contribution in [2.45, 2.75) is 32.3 Å². The number of rotatable bonds is 12. The number of halogens is 2. The van der Waals surface area contributed by atoms with Crippen LogP contribution in [0.2, 0.25) is 10.0 Å². The largest absolute Gasteiger partial charge is 0.489 e. The number of hydrogen-bond donors (Lipinski definition) is 1. The van der Waals surface area contributed by atoms with Crippen molar-refractivity contribution in [3.8, 4) is 22.7 Å². The Balaban J connectivity index is 1.36. The second-order valence-corrected chi connectivity index (χ2v) is 12.3. The third-order valence-electron chi connectivity index (χ3n) is 6.73. The number of aliphatic carboxylic acids is 1. The van der Waals surface area contributed by atoms with Gasteiger partial charge in [-0.2, -0.15) is 5.10 Å². The number of ether oxygens (including phenoxy) is 1. The van der Waals surface area contributed by atoms with Gasteiger partial charge in [-0.15, -0.1) is 0 Å². The summed E-state index contributed by atoms with van der Waals surface area (Å²) in [5, 5.41) is 14.8. The van der Waals surface area contributed by atoms with Crippen LogP contribution in [-0.2, 0) is 16.2 Å². The van der Waals surface area contributed by atoms with Gasteiger partial charge < -0.3 is 9.84 Å². The SMILES string of the molecule is O=C(O)CCCCCN1C(=O)C(=Cc2cn(-c3ccccc3)nc2-c2ccc(OCc3ccc(Cl)cc3Cl)cc2)SC1=S. The fraction of sp³-hybridized carbons (Fsp3) is 0.188. The van der Waals surface area contributed by atoms with Gasteiger partial charge in [0.15, 0.2) is 0 Å². The van der Waals surface area contributed by atoms with Crippen LogP contribution < -0.4 is 4.74 Å². The topological polar surface area (TPSA) is 84.7 Å². The summed E-state index contributed by atoms with van der Waals surface area (Å²) in [6.45, 7) is 0.755. The zero-order chi connectivity index (χ0) is 30.3. The van der Waals surface area contributed by atoms with E-state index in [1.807, 2.05) is 72.9 Å². The van der Waals surface area contributed by atoms with Gasteiger partial charge in [0.2, 0.25) is 0 Å². The smallest absolute Gasteiger partial charge is 0.303 e. The van der Waals surface area contributed by atoms with Crippen LogP contribution in [0.25, 0.3) is 23.0 Å². The second kappa shape index (κ2) is 14.2. The molecule has 1 aliphatic rings. The average molecular weight is 653 g/mol. The number of carboxylic acids is 1. The van der Waals surface area contributed by atoms with E-state index >= 15 is 0 Å². The number of carboxylic acid groups (broad SMARTS) is 1. The maximum Gasteiger partial charge on any atom is 0.303 e. The van der Waals surface area contributed by atoms with Gasteiger partial charge in [-0.1, -0.05) is 77.9 Å². The summed E-state index contributed by atoms with van der Waals surface area (Å²) >= 11 is 19.0. The van der Waals surface area contributed by atoms with Gasteiger partial charge in [-0.25, -0.2) is 4.68 Å². The number of thioether (sulfide) groups is 1. The molecule has 1 saturated heterocycles. The first-order valence-corrected chi connectivity index (χ1v) is 15.6. The van der Waals surface area contributed by atoms with E-state index in [0.29, 0.717) is 63.1 Å². The highest BCUT2D eigenvalue weighted by Gasteiger charge is 2.32. The molecule has 4 aromatic rings. The van der Waals surface area contributed by atoms with E-state index in [4.69, 9.17) is 50.4 Å². The van der Waals surface area contributed by atoms with Crippen LogP contribution in [0.4, 0.5) is 0 Å². The maximum absolute atomic E-state index is 13.3. The van der Waals surface area contributed by atoms with Gasteiger partial charge in [-0.3, -0.25) is 14.5 Å². The molecule has 0 spiro atoms. The summed E-state index contributed by atoms with van der Waals surface area (Å²) in [4.78, 5) is 26.2. The number of aromatic nitrogens is 2. The number of carbonyl (C=O) groups is 2. The van der Waals surface area contributed by atoms with Crippen LogP contribution >= 0.6 is 47.2 Å². The molecular weight excluding hydrogens is 625 g/mol. The first-order valence-electron chi connectivity index (χ1n) is 13.6. The molecule has 1 aromatic heterocycles. The number of unbranched alkanes of at least 4 members (excludes halogenated alkanes) is 2. The second-order valence-electron chi connectivity index (χ2n) is 9.80. The van der Waals surface area contributed by atoms with E-state index in [1.54, 1.807) is 21.7 Å². The van der Waals surface area contributed by atoms with Gasteiger partial charge in [0.05, 0.1) is 16.3 Å². The summed E-state index contributed by atoms with van der Waals surface area (Å²) < 4.78 is 8.23. The predicted molar refractivity (Wildman–Crippen MR) is 176 cm³/mol. The minimum absolute atomic E-state index is 0.121. The van der Waals surface area contributed by atoms with Gasteiger partial charge >= 0.3 is 5.97 Å². The fourth-order valence-corrected chi connectivity index (χ4v) is 6.26. The standard InChI is InChI=1S/C32H27Cl2N3O4S2/c33-24-13-10-22(27(34)18-24)20-41-26-14-11-21(12-15-26)30-23(19-37(35-30)25-7-3-1-4-8-25)17-28-31(40)36(32(42)43-28)16-6-2-5-9-29(38)39/h1,3-4,7-8,10-15,17-19H,2,5-6,9,16,20H2,(H,38,39). The van der Waals surface area contributed by atoms with E-state index in [0.717, 1.165) is 22.4 Å². The number of nitrogens with zero attached hydrogens (tertiary/aromatic N) is 3. The number of carbonyl (C=O) groups excluding carboxylic acids is 1. The van der Waals surface area contributed by atoms with E-state index in [2.05, 4.69) is 0 Å². The van der Waals surface area contributed by atoms with Gasteiger partial charge in [0.1, 0.15) is 16.7 Å². The summed E-state index contributed by atoms with van der Waals surface area (Å²) in [5.41, 5.74) is 4.04. The van der Waals surface area contributed by atoms with E-state index in [9.17, 15) is 9.59 Å². The molecule has 43 heavy (non-hydrogen) atoms. The molecule has 220 valence electrons. The van der Waals surface area contributed by atoms with Crippen molar-refractivity contribution in [3.63, 3.8) is 0 Å². The first-order chi connectivity index (χ1) is 20.8. The Hall–Kier alpha value is -3.63. The van der Waals surface area contributed by atoms with Crippen molar-refractivity contribution in [2.24, 2.45) is 0 Å². The lowest BCUT2D eigenvalue weighted by atomic mass is 10.1. The molecule has 1 aliphatic heterocycles. The van der Waals surface area contributed by atoms with Crippen LogP contribution in [0.3, 0.4) is 0 Å². The Kier molecular flexibility index (Phi) is 10.2. The van der Waals surface area contributed by atoms with Crippen LogP contribution in [0, 0.1) is 0 Å². The van der Waals surface area contributed by atoms with Gasteiger partial charge in [0, 0.05) is 45.9 Å². The summed E-state index contributed by atoms with van der Waals surface area (Å²) in [6, 6.07) is 22.6. The molecule has 2 heterocycles. The summed E-state index contributed by atoms with van der Waals surface area (Å²) in [5.74, 6) is -0.301. The van der Waals surface area contributed by atoms with Crippen molar-refractivity contribution in [1.82, 2.24) is 14.7 Å². The summed E-state index contributed by atoms with van der Waals surface area (Å²) in [7, 11) is 0. The molecule has 3 aromatic carbocycles. The van der Waals surface area contributed by atoms with Crippen molar-refractivity contribution < 1.29 is 19.4 Å². The quantitative estimate of drug-likeness (QED) is 0.0937. The molecule has 0 saturated carbocycles. The van der Waals surface area contributed by atoms with E-state index < -0.39 is 5.97 Å². The normalized spacial score (nSPS) is 14.1. The first kappa shape index (κ1) is 30.8. The third kappa shape index (κ3) is 7.86. The Morgan fingerprint density at radius 3 is 2.51 bits per heavy atom. The Morgan fingerprint density at radius 2 is 1.79 bits per heavy atom. The van der Waals surface area contributed by atoms with Crippen molar-refractivity contribution in [1.29, 1.82) is 0 Å². The lowest BCUT2D eigenvalue weighted by Gasteiger charge is -2.13. The average Bonchev–Trinajstić information content (AvgIpc) is 3.53. The highest BCUT2D eigenvalue weighted by atomic mass is 35.5. The maximum atomic E-state index is 13.3. The molecule has 1 fully saturated rings. The van der Waals surface area contributed by atoms with Crippen LogP contribution in [-0.4, -0.2) is 42.5 Å². The molecule has 7 nitrogen and oxygen atoms in total. The molecular formula is C32H27Cl2N3O4S2. The molecule has 0 atom stereocenters. The summed E-state index contributed by atoms with van der Waals surface area (Å²) in [6.07, 6.45) is 5.82. The van der Waals surface area contributed by atoms with Crippen LogP contribution in [0.1, 0.15) is 36.8 Å². The third-order valence-corrected chi connectivity index (χ3v) is 8.70. The van der Waals surface area contributed by atoms with Crippen LogP contribution in [0.15, 0.2) is 83.9 Å². The predicted octanol–water partition coefficient (Wildman–Crippen LogP) is 8.27. The number of hydrogen-bond acceptors (Lipinski definition) is 6. The zero-order valence-corrected chi connectivity index (χ0v) is 26.1. The van der Waals surface area contributed by atoms with Crippen molar-refractivity contribution >= 4 is 69.5 Å². The molecule has 1 N–H and O–H groups in total. The number of para-hydroxylation sites is 1. The lowest BCUT2D eigenvalue weighted by molar-refractivity contribution is -0.137. The molecule has 0 bridgehead atoms. The Morgan fingerprint density at radius 1 is 1.02 bits per heavy atom. The molecule has 0 unspecified atom stereocenters. The van der Waals surface area contributed by atoms with Gasteiger partial charge in [0.25, 0.3) is 5.91 Å². The van der Waals surface area contributed by atoms with Gasteiger partial charge in [-0.05, 0) is 67.4 Å². The zero-order valence-electron chi connectivity index (χ0n) is 22.9. The highest BCUT2D eigenvalue weighted by molar-refractivity contribution is 8.26. The van der Waals surface area contributed by atoms with Crippen LogP contribution in [0.5, 0.6) is 5.75 Å². The minimum atomic E-state index is -0.814. The van der Waals surface area contributed by atoms with E-state index in [-0.39, 0.29) is 12.3 Å². The number of benzene rings is 3. The monoisotopic (exact) mass is 651 g/mol. The number of amides is 1. The van der Waals surface area contributed by atoms with Crippen molar-refractivity contribution in [2.75, 3.05) is 6.54 Å². The minimum Gasteiger partial charge on any atom is -0.489 e. The fourth-order valence-electron chi connectivity index (χ4n) is 4.50. The number of thiocarbonyl (C=S) groups is 1. The molecule has 11 heteroatoms. The molecule has 1 amide bonds. The highest BCUT2D eigenvalue weighted by Crippen LogP contribution is 2.35.